The van der Waals surface area contributed by atoms with Gasteiger partial charge >= 0.3 is 5.97 Å². The minimum atomic E-state index is -0.754. The van der Waals surface area contributed by atoms with Gasteiger partial charge in [0.25, 0.3) is 0 Å². The van der Waals surface area contributed by atoms with E-state index in [4.69, 9.17) is 16.3 Å². The van der Waals surface area contributed by atoms with Gasteiger partial charge in [0.1, 0.15) is 5.75 Å². The number of nitrogens with zero attached hydrogens (tertiary/aromatic N) is 2. The van der Waals surface area contributed by atoms with Crippen molar-refractivity contribution in [2.75, 3.05) is 26.7 Å². The summed E-state index contributed by atoms with van der Waals surface area (Å²) in [5.41, 5.74) is 2.82. The van der Waals surface area contributed by atoms with Crippen LogP contribution in [0, 0.1) is 11.8 Å². The molecule has 2 aromatic carbocycles. The molecule has 36 heavy (non-hydrogen) atoms. The number of ether oxygens (including phenoxy) is 1. The van der Waals surface area contributed by atoms with Crippen molar-refractivity contribution in [1.82, 2.24) is 9.88 Å². The SMILES string of the molecule is COc1ccc2nccc([C@@H](O)CC[C@@H]3CCN(CCCc4ccccc4Cl)C[C@@H]3CC(=O)O)c2c1. The molecule has 0 aliphatic carbocycles. The van der Waals surface area contributed by atoms with Crippen LogP contribution >= 0.6 is 11.6 Å². The first-order valence-electron chi connectivity index (χ1n) is 12.7. The fraction of sp³-hybridized carbons (Fsp3) is 0.448. The predicted molar refractivity (Wildman–Crippen MR) is 143 cm³/mol. The molecule has 0 spiro atoms. The van der Waals surface area contributed by atoms with Crippen molar-refractivity contribution in [3.8, 4) is 5.75 Å². The zero-order valence-electron chi connectivity index (χ0n) is 20.8. The molecule has 1 saturated heterocycles. The molecular formula is C29H35ClN2O4. The van der Waals surface area contributed by atoms with E-state index in [2.05, 4.69) is 16.0 Å². The average Bonchev–Trinajstić information content (AvgIpc) is 2.88. The average molecular weight is 511 g/mol. The van der Waals surface area contributed by atoms with Crippen LogP contribution in [0.3, 0.4) is 0 Å². The van der Waals surface area contributed by atoms with Crippen molar-refractivity contribution in [3.05, 3.63) is 70.9 Å². The summed E-state index contributed by atoms with van der Waals surface area (Å²) in [6.45, 7) is 2.67. The van der Waals surface area contributed by atoms with Crippen molar-refractivity contribution in [2.24, 2.45) is 11.8 Å². The summed E-state index contributed by atoms with van der Waals surface area (Å²) in [6, 6.07) is 15.5. The third-order valence-electron chi connectivity index (χ3n) is 7.44. The van der Waals surface area contributed by atoms with Crippen LogP contribution in [0.25, 0.3) is 10.9 Å². The molecule has 1 aliphatic heterocycles. The third kappa shape index (κ3) is 6.75. The summed E-state index contributed by atoms with van der Waals surface area (Å²) in [5, 5.41) is 22.3. The first kappa shape index (κ1) is 26.4. The molecule has 3 atom stereocenters. The number of carboxylic acid groups (broad SMARTS) is 1. The van der Waals surface area contributed by atoms with E-state index < -0.39 is 12.1 Å². The van der Waals surface area contributed by atoms with Gasteiger partial charge in [0, 0.05) is 29.6 Å². The van der Waals surface area contributed by atoms with Gasteiger partial charge in [-0.15, -0.1) is 0 Å². The number of carboxylic acids is 1. The van der Waals surface area contributed by atoms with Crippen LogP contribution in [-0.4, -0.2) is 52.8 Å². The highest BCUT2D eigenvalue weighted by atomic mass is 35.5. The van der Waals surface area contributed by atoms with Crippen LogP contribution in [-0.2, 0) is 11.2 Å². The number of halogens is 1. The van der Waals surface area contributed by atoms with E-state index >= 15 is 0 Å². The Morgan fingerprint density at radius 3 is 2.83 bits per heavy atom. The quantitative estimate of drug-likeness (QED) is 0.341. The minimum Gasteiger partial charge on any atom is -0.497 e. The van der Waals surface area contributed by atoms with Crippen molar-refractivity contribution < 1.29 is 19.7 Å². The van der Waals surface area contributed by atoms with E-state index in [-0.39, 0.29) is 18.3 Å². The summed E-state index contributed by atoms with van der Waals surface area (Å²) >= 11 is 6.29. The number of likely N-dealkylation sites (tertiary alicyclic amines) is 1. The maximum Gasteiger partial charge on any atom is 0.303 e. The number of fused-ring (bicyclic) bond motifs is 1. The smallest absolute Gasteiger partial charge is 0.303 e. The van der Waals surface area contributed by atoms with Crippen LogP contribution in [0.1, 0.15) is 49.3 Å². The molecule has 192 valence electrons. The van der Waals surface area contributed by atoms with Gasteiger partial charge in [-0.1, -0.05) is 29.8 Å². The number of carbonyl (C=O) groups is 1. The van der Waals surface area contributed by atoms with Crippen LogP contribution < -0.4 is 4.74 Å². The van der Waals surface area contributed by atoms with Gasteiger partial charge < -0.3 is 19.8 Å². The number of aromatic nitrogens is 1. The Morgan fingerprint density at radius 1 is 1.22 bits per heavy atom. The molecule has 1 fully saturated rings. The Morgan fingerprint density at radius 2 is 2.06 bits per heavy atom. The number of piperidine rings is 1. The number of methoxy groups -OCH3 is 1. The summed E-state index contributed by atoms with van der Waals surface area (Å²) in [6.07, 6.45) is 5.48. The molecule has 0 amide bonds. The molecule has 1 aliphatic rings. The number of hydrogen-bond acceptors (Lipinski definition) is 5. The Kier molecular flexibility index (Phi) is 9.19. The molecule has 4 rings (SSSR count). The summed E-state index contributed by atoms with van der Waals surface area (Å²) < 4.78 is 5.36. The summed E-state index contributed by atoms with van der Waals surface area (Å²) in [7, 11) is 1.62. The first-order chi connectivity index (χ1) is 17.4. The van der Waals surface area contributed by atoms with Crippen molar-refractivity contribution in [1.29, 1.82) is 0 Å². The fourth-order valence-corrected chi connectivity index (χ4v) is 5.71. The van der Waals surface area contributed by atoms with Crippen LogP contribution in [0.5, 0.6) is 5.75 Å². The summed E-state index contributed by atoms with van der Waals surface area (Å²) in [5.74, 6) is 0.333. The third-order valence-corrected chi connectivity index (χ3v) is 7.81. The molecule has 2 heterocycles. The standard InChI is InChI=1S/C29H35ClN2O4/c1-36-23-9-10-27-25(18-23)24(12-14-31-27)28(33)11-8-20-13-16-32(19-22(20)17-29(34)35)15-4-6-21-5-2-3-7-26(21)30/h2-3,5,7,9-10,12,14,18,20,22,28,33H,4,6,8,11,13,15-17,19H2,1H3,(H,34,35)/t20-,22+,28+/m1/s1. The highest BCUT2D eigenvalue weighted by Gasteiger charge is 2.31. The highest BCUT2D eigenvalue weighted by molar-refractivity contribution is 6.31. The molecule has 7 heteroatoms. The van der Waals surface area contributed by atoms with Gasteiger partial charge in [0.05, 0.1) is 18.7 Å². The second kappa shape index (κ2) is 12.5. The van der Waals surface area contributed by atoms with E-state index in [0.717, 1.165) is 78.1 Å². The monoisotopic (exact) mass is 510 g/mol. The number of rotatable bonds is 11. The van der Waals surface area contributed by atoms with E-state index in [9.17, 15) is 15.0 Å². The van der Waals surface area contributed by atoms with Gasteiger partial charge in [-0.3, -0.25) is 9.78 Å². The number of hydrogen-bond donors (Lipinski definition) is 2. The minimum absolute atomic E-state index is 0.0815. The maximum absolute atomic E-state index is 11.6. The number of aryl methyl sites for hydroxylation is 1. The Labute approximate surface area is 217 Å². The van der Waals surface area contributed by atoms with Crippen molar-refractivity contribution in [3.63, 3.8) is 0 Å². The Hall–Kier alpha value is -2.67. The molecule has 2 N–H and O–H groups in total. The van der Waals surface area contributed by atoms with Crippen LogP contribution in [0.15, 0.2) is 54.7 Å². The lowest BCUT2D eigenvalue weighted by molar-refractivity contribution is -0.139. The fourth-order valence-electron chi connectivity index (χ4n) is 5.48. The lowest BCUT2D eigenvalue weighted by Gasteiger charge is -2.38. The number of pyridine rings is 1. The molecule has 1 aromatic heterocycles. The Bertz CT molecular complexity index is 1170. The predicted octanol–water partition coefficient (Wildman–Crippen LogP) is 5.76. The van der Waals surface area contributed by atoms with E-state index in [0.29, 0.717) is 6.42 Å². The number of aliphatic hydroxyl groups is 1. The van der Waals surface area contributed by atoms with Crippen LogP contribution in [0.4, 0.5) is 0 Å². The van der Waals surface area contributed by atoms with Crippen molar-refractivity contribution in [2.45, 2.75) is 44.6 Å². The normalized spacial score (nSPS) is 19.3. The molecule has 0 bridgehead atoms. The second-order valence-corrected chi connectivity index (χ2v) is 10.2. The molecule has 0 radical (unpaired) electrons. The molecule has 3 aromatic rings. The van der Waals surface area contributed by atoms with Gasteiger partial charge in [-0.25, -0.2) is 0 Å². The zero-order valence-corrected chi connectivity index (χ0v) is 21.5. The molecule has 0 saturated carbocycles. The zero-order chi connectivity index (χ0) is 25.5. The number of aliphatic hydroxyl groups excluding tert-OH is 1. The van der Waals surface area contributed by atoms with E-state index in [1.54, 1.807) is 13.3 Å². The van der Waals surface area contributed by atoms with Gasteiger partial charge in [-0.2, -0.15) is 0 Å². The maximum atomic E-state index is 11.6. The van der Waals surface area contributed by atoms with E-state index in [1.807, 2.05) is 42.5 Å². The van der Waals surface area contributed by atoms with Crippen LogP contribution in [0.2, 0.25) is 5.02 Å². The number of benzene rings is 2. The first-order valence-corrected chi connectivity index (χ1v) is 13.1. The van der Waals surface area contributed by atoms with Gasteiger partial charge in [-0.05, 0) is 98.5 Å². The molecule has 0 unspecified atom stereocenters. The van der Waals surface area contributed by atoms with Crippen molar-refractivity contribution >= 4 is 28.5 Å². The topological polar surface area (TPSA) is 82.9 Å². The van der Waals surface area contributed by atoms with E-state index in [1.165, 1.54) is 0 Å². The largest absolute Gasteiger partial charge is 0.497 e. The van der Waals surface area contributed by atoms with Gasteiger partial charge in [0.15, 0.2) is 0 Å². The lowest BCUT2D eigenvalue weighted by Crippen LogP contribution is -2.42. The second-order valence-electron chi connectivity index (χ2n) is 9.78. The summed E-state index contributed by atoms with van der Waals surface area (Å²) in [4.78, 5) is 18.4. The Balaban J connectivity index is 1.35. The molecule has 6 nitrogen and oxygen atoms in total. The van der Waals surface area contributed by atoms with Gasteiger partial charge in [0.2, 0.25) is 0 Å². The highest BCUT2D eigenvalue weighted by Crippen LogP contribution is 2.35. The lowest BCUT2D eigenvalue weighted by atomic mass is 9.79. The number of aliphatic carboxylic acids is 1. The molecular weight excluding hydrogens is 476 g/mol.